The van der Waals surface area contributed by atoms with Crippen LogP contribution < -0.4 is 0 Å². The number of benzene rings is 1. The predicted octanol–water partition coefficient (Wildman–Crippen LogP) is 5.73. The molecular weight excluding hydrogens is 308 g/mol. The van der Waals surface area contributed by atoms with Gasteiger partial charge in [0.15, 0.2) is 0 Å². The summed E-state index contributed by atoms with van der Waals surface area (Å²) < 4.78 is 0. The van der Waals surface area contributed by atoms with Gasteiger partial charge in [-0.2, -0.15) is 0 Å². The number of hydrogen-bond donors (Lipinski definition) is 1. The Morgan fingerprint density at radius 3 is 2.40 bits per heavy atom. The second-order valence-electron chi connectivity index (χ2n) is 9.16. The van der Waals surface area contributed by atoms with E-state index in [1.807, 2.05) is 13.0 Å². The fourth-order valence-electron chi connectivity index (χ4n) is 4.17. The fraction of sp³-hybridized carbons (Fsp3) is 0.522. The molecule has 2 aliphatic rings. The maximum absolute atomic E-state index is 10.7. The Morgan fingerprint density at radius 1 is 1.12 bits per heavy atom. The van der Waals surface area contributed by atoms with Crippen LogP contribution in [-0.4, -0.2) is 11.1 Å². The number of allylic oxidation sites excluding steroid dienone is 3. The number of rotatable bonds is 4. The molecule has 1 fully saturated rings. The predicted molar refractivity (Wildman–Crippen MR) is 103 cm³/mol. The zero-order valence-corrected chi connectivity index (χ0v) is 16.1. The molecule has 2 nitrogen and oxygen atoms in total. The smallest absolute Gasteiger partial charge is 0.328 e. The molecule has 0 aliphatic heterocycles. The van der Waals surface area contributed by atoms with Crippen molar-refractivity contribution in [2.75, 3.05) is 0 Å². The summed E-state index contributed by atoms with van der Waals surface area (Å²) in [6.07, 6.45) is 9.04. The van der Waals surface area contributed by atoms with Crippen LogP contribution >= 0.6 is 0 Å². The molecule has 0 unspecified atom stereocenters. The van der Waals surface area contributed by atoms with Gasteiger partial charge in [-0.05, 0) is 71.1 Å². The van der Waals surface area contributed by atoms with Gasteiger partial charge in [0.2, 0.25) is 0 Å². The Morgan fingerprint density at radius 2 is 1.76 bits per heavy atom. The summed E-state index contributed by atoms with van der Waals surface area (Å²) in [6, 6.07) is 7.13. The van der Waals surface area contributed by atoms with Crippen LogP contribution in [0.15, 0.2) is 42.0 Å². The first kappa shape index (κ1) is 18.0. The van der Waals surface area contributed by atoms with Crippen molar-refractivity contribution in [3.05, 3.63) is 58.7 Å². The Bertz CT molecular complexity index is 749. The zero-order chi connectivity index (χ0) is 18.4. The molecule has 1 aromatic carbocycles. The Balaban J connectivity index is 1.80. The van der Waals surface area contributed by atoms with Gasteiger partial charge in [-0.1, -0.05) is 58.0 Å². The molecule has 3 rings (SSSR count). The normalized spacial score (nSPS) is 27.2. The topological polar surface area (TPSA) is 37.3 Å². The second-order valence-corrected chi connectivity index (χ2v) is 9.16. The maximum atomic E-state index is 10.7. The van der Waals surface area contributed by atoms with Crippen molar-refractivity contribution in [2.45, 2.75) is 70.6 Å². The fourth-order valence-corrected chi connectivity index (χ4v) is 4.17. The van der Waals surface area contributed by atoms with Crippen molar-refractivity contribution in [3.8, 4) is 0 Å². The first-order chi connectivity index (χ1) is 11.6. The van der Waals surface area contributed by atoms with E-state index in [0.717, 1.165) is 5.57 Å². The highest BCUT2D eigenvalue weighted by atomic mass is 16.4. The van der Waals surface area contributed by atoms with Gasteiger partial charge in [0.05, 0.1) is 0 Å². The summed E-state index contributed by atoms with van der Waals surface area (Å²) in [4.78, 5) is 10.7. The Labute approximate surface area is 151 Å². The van der Waals surface area contributed by atoms with Crippen LogP contribution in [0.3, 0.4) is 0 Å². The maximum Gasteiger partial charge on any atom is 0.328 e. The number of hydrogen-bond acceptors (Lipinski definition) is 1. The largest absolute Gasteiger partial charge is 0.478 e. The molecule has 1 aromatic rings. The summed E-state index contributed by atoms with van der Waals surface area (Å²) in [5.74, 6) is 0.240. The highest BCUT2D eigenvalue weighted by molar-refractivity contribution is 5.81. The summed E-state index contributed by atoms with van der Waals surface area (Å²) in [5.41, 5.74) is 5.80. The Kier molecular flexibility index (Phi) is 4.43. The van der Waals surface area contributed by atoms with Crippen LogP contribution in [0, 0.1) is 5.92 Å². The summed E-state index contributed by atoms with van der Waals surface area (Å²) in [7, 11) is 0. The van der Waals surface area contributed by atoms with Gasteiger partial charge in [-0.3, -0.25) is 0 Å². The molecule has 0 heterocycles. The molecular formula is C23H30O2. The molecule has 0 amide bonds. The van der Waals surface area contributed by atoms with E-state index in [0.29, 0.717) is 11.8 Å². The molecule has 0 saturated heterocycles. The van der Waals surface area contributed by atoms with Crippen molar-refractivity contribution < 1.29 is 9.90 Å². The molecule has 0 aromatic heterocycles. The molecule has 0 radical (unpaired) electrons. The third-order valence-electron chi connectivity index (χ3n) is 6.10. The number of carboxylic acid groups (broad SMARTS) is 1. The van der Waals surface area contributed by atoms with E-state index >= 15 is 0 Å². The second kappa shape index (κ2) is 6.16. The minimum absolute atomic E-state index is 0.252. The summed E-state index contributed by atoms with van der Waals surface area (Å²) in [5, 5.41) is 8.79. The lowest BCUT2D eigenvalue weighted by Crippen LogP contribution is -2.33. The van der Waals surface area contributed by atoms with E-state index < -0.39 is 5.97 Å². The van der Waals surface area contributed by atoms with Gasteiger partial charge in [-0.15, -0.1) is 0 Å². The standard InChI is InChI=1S/C23H30O2/c1-15(12-21(24)25)6-7-16-13-18(16)17-8-9-19-20(14-17)23(4,5)11-10-22(19,2)3/h6-9,12,14,16,18H,10-11,13H2,1-5H3,(H,24,25)/b7-6+,15-12+/t16-,18-/m0/s1. The highest BCUT2D eigenvalue weighted by Gasteiger charge is 2.40. The third kappa shape index (κ3) is 3.73. The quantitative estimate of drug-likeness (QED) is 0.562. The molecule has 25 heavy (non-hydrogen) atoms. The first-order valence-electron chi connectivity index (χ1n) is 9.34. The van der Waals surface area contributed by atoms with E-state index in [2.05, 4.69) is 52.0 Å². The average Bonchev–Trinajstić information content (AvgIpc) is 3.29. The molecule has 2 heteroatoms. The van der Waals surface area contributed by atoms with Gasteiger partial charge < -0.3 is 5.11 Å². The van der Waals surface area contributed by atoms with Gasteiger partial charge in [0.1, 0.15) is 0 Å². The van der Waals surface area contributed by atoms with Crippen LogP contribution in [-0.2, 0) is 15.6 Å². The van der Waals surface area contributed by atoms with Gasteiger partial charge in [0.25, 0.3) is 0 Å². The SMILES string of the molecule is CC(/C=C/[C@H]1C[C@@H]1c1ccc2c(c1)C(C)(C)CCC2(C)C)=C\C(=O)O. The molecule has 0 bridgehead atoms. The van der Waals surface area contributed by atoms with Crippen molar-refractivity contribution in [3.63, 3.8) is 0 Å². The highest BCUT2D eigenvalue weighted by Crippen LogP contribution is 2.52. The van der Waals surface area contributed by atoms with E-state index in [4.69, 9.17) is 5.11 Å². The van der Waals surface area contributed by atoms with Crippen molar-refractivity contribution >= 4 is 5.97 Å². The monoisotopic (exact) mass is 338 g/mol. The number of fused-ring (bicyclic) bond motifs is 1. The van der Waals surface area contributed by atoms with Crippen molar-refractivity contribution in [1.82, 2.24) is 0 Å². The average molecular weight is 338 g/mol. The van der Waals surface area contributed by atoms with Crippen LogP contribution in [0.5, 0.6) is 0 Å². The summed E-state index contributed by atoms with van der Waals surface area (Å²) >= 11 is 0. The number of carbonyl (C=O) groups is 1. The van der Waals surface area contributed by atoms with E-state index in [9.17, 15) is 4.79 Å². The van der Waals surface area contributed by atoms with Gasteiger partial charge in [-0.25, -0.2) is 4.79 Å². The van der Waals surface area contributed by atoms with Crippen LogP contribution in [0.25, 0.3) is 0 Å². The number of carboxylic acids is 1. The van der Waals surface area contributed by atoms with Crippen LogP contribution in [0.1, 0.15) is 76.5 Å². The molecule has 1 saturated carbocycles. The van der Waals surface area contributed by atoms with E-state index in [1.165, 1.54) is 42.0 Å². The lowest BCUT2D eigenvalue weighted by atomic mass is 9.63. The summed E-state index contributed by atoms with van der Waals surface area (Å²) in [6.45, 7) is 11.3. The van der Waals surface area contributed by atoms with Gasteiger partial charge >= 0.3 is 5.97 Å². The Hall–Kier alpha value is -1.83. The van der Waals surface area contributed by atoms with Crippen molar-refractivity contribution in [2.24, 2.45) is 5.92 Å². The molecule has 0 spiro atoms. The van der Waals surface area contributed by atoms with Gasteiger partial charge in [0, 0.05) is 6.08 Å². The van der Waals surface area contributed by atoms with E-state index in [1.54, 1.807) is 0 Å². The molecule has 1 N–H and O–H groups in total. The number of aliphatic carboxylic acids is 1. The first-order valence-corrected chi connectivity index (χ1v) is 9.34. The van der Waals surface area contributed by atoms with E-state index in [-0.39, 0.29) is 10.8 Å². The lowest BCUT2D eigenvalue weighted by Gasteiger charge is -2.42. The minimum Gasteiger partial charge on any atom is -0.478 e. The molecule has 134 valence electrons. The van der Waals surface area contributed by atoms with Crippen LogP contribution in [0.2, 0.25) is 0 Å². The van der Waals surface area contributed by atoms with Crippen molar-refractivity contribution in [1.29, 1.82) is 0 Å². The van der Waals surface area contributed by atoms with Crippen LogP contribution in [0.4, 0.5) is 0 Å². The third-order valence-corrected chi connectivity index (χ3v) is 6.10. The lowest BCUT2D eigenvalue weighted by molar-refractivity contribution is -0.131. The molecule has 2 aliphatic carbocycles. The minimum atomic E-state index is -0.881. The zero-order valence-electron chi connectivity index (χ0n) is 16.1. The molecule has 2 atom stereocenters.